The first-order chi connectivity index (χ1) is 14.3. The zero-order chi connectivity index (χ0) is 21.5. The molecule has 1 N–H and O–H groups in total. The van der Waals surface area contributed by atoms with Crippen molar-refractivity contribution in [2.75, 3.05) is 11.8 Å². The molecule has 3 aromatic heterocycles. The van der Waals surface area contributed by atoms with Crippen LogP contribution in [0.1, 0.15) is 12.1 Å². The molecule has 4 aromatic rings. The summed E-state index contributed by atoms with van der Waals surface area (Å²) >= 11 is 0. The van der Waals surface area contributed by atoms with E-state index in [-0.39, 0.29) is 16.4 Å². The van der Waals surface area contributed by atoms with Gasteiger partial charge in [0.15, 0.2) is 5.82 Å². The number of anilines is 1. The maximum atomic E-state index is 12.9. The SMILES string of the molecule is COc1ccc2cnn(C)c2c1NS(=O)(=O)c1ccc(-n2ccc(C(F)F)n2)nc1. The van der Waals surface area contributed by atoms with Gasteiger partial charge in [0.2, 0.25) is 0 Å². The average molecular weight is 434 g/mol. The van der Waals surface area contributed by atoms with E-state index in [1.165, 1.54) is 36.2 Å². The molecule has 0 saturated heterocycles. The summed E-state index contributed by atoms with van der Waals surface area (Å²) in [6, 6.07) is 7.26. The molecule has 0 radical (unpaired) electrons. The van der Waals surface area contributed by atoms with Crippen LogP contribution in [0.4, 0.5) is 14.5 Å². The van der Waals surface area contributed by atoms with Crippen LogP contribution in [0.15, 0.2) is 53.8 Å². The van der Waals surface area contributed by atoms with E-state index in [1.807, 2.05) is 0 Å². The highest BCUT2D eigenvalue weighted by Crippen LogP contribution is 2.34. The van der Waals surface area contributed by atoms with Crippen LogP contribution in [0, 0.1) is 0 Å². The predicted octanol–water partition coefficient (Wildman–Crippen LogP) is 2.90. The Kier molecular flexibility index (Phi) is 4.86. The van der Waals surface area contributed by atoms with E-state index in [9.17, 15) is 17.2 Å². The Hall–Kier alpha value is -3.54. The molecule has 0 aliphatic heterocycles. The number of aryl methyl sites for hydroxylation is 1. The van der Waals surface area contributed by atoms with Crippen LogP contribution < -0.4 is 9.46 Å². The number of nitrogens with zero attached hydrogens (tertiary/aromatic N) is 5. The van der Waals surface area contributed by atoms with Crippen LogP contribution >= 0.6 is 0 Å². The number of fused-ring (bicyclic) bond motifs is 1. The normalized spacial score (nSPS) is 11.9. The van der Waals surface area contributed by atoms with Gasteiger partial charge >= 0.3 is 0 Å². The largest absolute Gasteiger partial charge is 0.494 e. The number of methoxy groups -OCH3 is 1. The molecule has 12 heteroatoms. The smallest absolute Gasteiger partial charge is 0.282 e. The monoisotopic (exact) mass is 434 g/mol. The molecule has 3 heterocycles. The van der Waals surface area contributed by atoms with Crippen molar-refractivity contribution in [2.24, 2.45) is 7.05 Å². The van der Waals surface area contributed by atoms with Crippen LogP contribution in [0.25, 0.3) is 16.7 Å². The maximum Gasteiger partial charge on any atom is 0.282 e. The molecular formula is C18H16F2N6O3S. The summed E-state index contributed by atoms with van der Waals surface area (Å²) in [4.78, 5) is 3.91. The average Bonchev–Trinajstić information content (AvgIpc) is 3.36. The van der Waals surface area contributed by atoms with E-state index in [2.05, 4.69) is 19.9 Å². The zero-order valence-corrected chi connectivity index (χ0v) is 16.6. The van der Waals surface area contributed by atoms with Gasteiger partial charge in [-0.1, -0.05) is 0 Å². The van der Waals surface area contributed by atoms with E-state index < -0.39 is 22.1 Å². The number of aromatic nitrogens is 5. The Morgan fingerprint density at radius 2 is 1.93 bits per heavy atom. The second-order valence-electron chi connectivity index (χ2n) is 6.29. The van der Waals surface area contributed by atoms with Crippen molar-refractivity contribution in [1.82, 2.24) is 24.5 Å². The number of rotatable bonds is 6. The summed E-state index contributed by atoms with van der Waals surface area (Å²) in [6.07, 6.45) is 1.35. The Bertz CT molecular complexity index is 1320. The zero-order valence-electron chi connectivity index (χ0n) is 15.8. The topological polar surface area (TPSA) is 104 Å². The molecule has 30 heavy (non-hydrogen) atoms. The van der Waals surface area contributed by atoms with Gasteiger partial charge in [0.05, 0.1) is 18.8 Å². The fraction of sp³-hybridized carbons (Fsp3) is 0.167. The van der Waals surface area contributed by atoms with Crippen molar-refractivity contribution in [3.05, 3.63) is 54.6 Å². The first-order valence-corrected chi connectivity index (χ1v) is 10.1. The number of halogens is 2. The van der Waals surface area contributed by atoms with Gasteiger partial charge < -0.3 is 4.74 Å². The van der Waals surface area contributed by atoms with E-state index in [0.29, 0.717) is 11.3 Å². The van der Waals surface area contributed by atoms with Gasteiger partial charge in [-0.05, 0) is 30.3 Å². The maximum absolute atomic E-state index is 12.9. The number of nitrogens with one attached hydrogen (secondary N) is 1. The lowest BCUT2D eigenvalue weighted by molar-refractivity contribution is 0.145. The van der Waals surface area contributed by atoms with Gasteiger partial charge in [0.1, 0.15) is 22.0 Å². The quantitative estimate of drug-likeness (QED) is 0.501. The predicted molar refractivity (Wildman–Crippen MR) is 104 cm³/mol. The summed E-state index contributed by atoms with van der Waals surface area (Å²) in [5.74, 6) is 0.530. The highest BCUT2D eigenvalue weighted by atomic mass is 32.2. The van der Waals surface area contributed by atoms with Crippen LogP contribution in [0.5, 0.6) is 5.75 Å². The molecule has 0 amide bonds. The molecule has 9 nitrogen and oxygen atoms in total. The summed E-state index contributed by atoms with van der Waals surface area (Å²) < 4.78 is 61.8. The minimum Gasteiger partial charge on any atom is -0.494 e. The number of benzene rings is 1. The number of sulfonamides is 1. The van der Waals surface area contributed by atoms with Crippen LogP contribution in [0.2, 0.25) is 0 Å². The Morgan fingerprint density at radius 1 is 1.13 bits per heavy atom. The van der Waals surface area contributed by atoms with Gasteiger partial charge in [-0.2, -0.15) is 10.2 Å². The molecule has 0 bridgehead atoms. The van der Waals surface area contributed by atoms with Gasteiger partial charge in [-0.25, -0.2) is 26.9 Å². The number of hydrogen-bond donors (Lipinski definition) is 1. The second kappa shape index (κ2) is 7.37. The molecule has 0 saturated carbocycles. The van der Waals surface area contributed by atoms with Crippen molar-refractivity contribution in [2.45, 2.75) is 11.3 Å². The summed E-state index contributed by atoms with van der Waals surface area (Å²) in [5.41, 5.74) is 0.401. The molecule has 0 atom stereocenters. The second-order valence-corrected chi connectivity index (χ2v) is 7.97. The van der Waals surface area contributed by atoms with Crippen molar-refractivity contribution in [3.8, 4) is 11.6 Å². The Morgan fingerprint density at radius 3 is 2.57 bits per heavy atom. The standard InChI is InChI=1S/C18H16F2N6O3S/c1-25-17-11(9-22-25)3-5-14(29-2)16(17)24-30(27,28)12-4-6-15(21-10-12)26-8-7-13(23-26)18(19)20/h3-10,18,24H,1-2H3. The van der Waals surface area contributed by atoms with Crippen molar-refractivity contribution >= 4 is 26.6 Å². The molecule has 0 fully saturated rings. The third-order valence-electron chi connectivity index (χ3n) is 4.42. The van der Waals surface area contributed by atoms with E-state index >= 15 is 0 Å². The van der Waals surface area contributed by atoms with Crippen LogP contribution in [0.3, 0.4) is 0 Å². The first-order valence-electron chi connectivity index (χ1n) is 8.62. The minimum absolute atomic E-state index is 0.117. The summed E-state index contributed by atoms with van der Waals surface area (Å²) in [5, 5.41) is 8.59. The molecule has 0 aliphatic rings. The van der Waals surface area contributed by atoms with Gasteiger partial charge in [-0.3, -0.25) is 9.40 Å². The highest BCUT2D eigenvalue weighted by molar-refractivity contribution is 7.92. The summed E-state index contributed by atoms with van der Waals surface area (Å²) in [7, 11) is -0.900. The molecule has 4 rings (SSSR count). The fourth-order valence-electron chi connectivity index (χ4n) is 2.96. The third-order valence-corrected chi connectivity index (χ3v) is 5.75. The first kappa shape index (κ1) is 19.8. The molecular weight excluding hydrogens is 418 g/mol. The van der Waals surface area contributed by atoms with Crippen LogP contribution in [-0.2, 0) is 17.1 Å². The highest BCUT2D eigenvalue weighted by Gasteiger charge is 2.21. The molecule has 156 valence electrons. The lowest BCUT2D eigenvalue weighted by atomic mass is 10.2. The van der Waals surface area contributed by atoms with Crippen LogP contribution in [-0.4, -0.2) is 40.1 Å². The minimum atomic E-state index is -4.02. The number of alkyl halides is 2. The van der Waals surface area contributed by atoms with Gasteiger partial charge in [0.25, 0.3) is 16.4 Å². The van der Waals surface area contributed by atoms with Crippen molar-refractivity contribution in [1.29, 1.82) is 0 Å². The van der Waals surface area contributed by atoms with Gasteiger partial charge in [-0.15, -0.1) is 0 Å². The molecule has 1 aromatic carbocycles. The number of hydrogen-bond acceptors (Lipinski definition) is 6. The lowest BCUT2D eigenvalue weighted by Gasteiger charge is -2.14. The number of pyridine rings is 1. The van der Waals surface area contributed by atoms with Crippen molar-refractivity contribution in [3.63, 3.8) is 0 Å². The van der Waals surface area contributed by atoms with E-state index in [1.54, 1.807) is 25.4 Å². The fourth-order valence-corrected chi connectivity index (χ4v) is 3.98. The molecule has 0 aliphatic carbocycles. The van der Waals surface area contributed by atoms with E-state index in [4.69, 9.17) is 4.74 Å². The Labute approximate surface area is 170 Å². The van der Waals surface area contributed by atoms with E-state index in [0.717, 1.165) is 16.3 Å². The van der Waals surface area contributed by atoms with Gasteiger partial charge in [0, 0.05) is 24.8 Å². The summed E-state index contributed by atoms with van der Waals surface area (Å²) in [6.45, 7) is 0. The molecule has 0 unspecified atom stereocenters. The molecule has 0 spiro atoms. The number of ether oxygens (including phenoxy) is 1. The lowest BCUT2D eigenvalue weighted by Crippen LogP contribution is -2.15. The third kappa shape index (κ3) is 3.45. The van der Waals surface area contributed by atoms with Crippen molar-refractivity contribution < 1.29 is 21.9 Å². The Balaban J connectivity index is 1.68.